The molecule has 8 heteroatoms. The minimum absolute atomic E-state index is 0.139. The van der Waals surface area contributed by atoms with Gasteiger partial charge in [-0.2, -0.15) is 0 Å². The number of hydroxylamine groups is 1. The molecule has 0 fully saturated rings. The quantitative estimate of drug-likeness (QED) is 0.270. The van der Waals surface area contributed by atoms with Crippen molar-refractivity contribution in [3.05, 3.63) is 88.1 Å². The van der Waals surface area contributed by atoms with Crippen LogP contribution in [0.3, 0.4) is 0 Å². The van der Waals surface area contributed by atoms with Crippen molar-refractivity contribution in [3.63, 3.8) is 0 Å². The van der Waals surface area contributed by atoms with E-state index < -0.39 is 5.91 Å². The molecule has 1 aromatic carbocycles. The number of rotatable bonds is 3. The Morgan fingerprint density at radius 2 is 1.84 bits per heavy atom. The molecule has 31 heavy (non-hydrogen) atoms. The van der Waals surface area contributed by atoms with E-state index in [1.807, 2.05) is 24.3 Å². The van der Waals surface area contributed by atoms with Gasteiger partial charge >= 0.3 is 0 Å². The van der Waals surface area contributed by atoms with E-state index in [0.29, 0.717) is 27.7 Å². The molecule has 3 aromatic heterocycles. The van der Waals surface area contributed by atoms with Crippen molar-refractivity contribution in [1.29, 1.82) is 0 Å². The molecule has 0 aliphatic rings. The van der Waals surface area contributed by atoms with Crippen LogP contribution in [0.4, 0.5) is 0 Å². The topological polar surface area (TPSA) is 117 Å². The van der Waals surface area contributed by atoms with Crippen LogP contribution < -0.4 is 15.8 Å². The molecular weight excluding hydrogens is 396 g/mol. The highest BCUT2D eigenvalue weighted by Gasteiger charge is 2.22. The lowest BCUT2D eigenvalue weighted by molar-refractivity contribution is 0.0705. The molecule has 0 atom stereocenters. The summed E-state index contributed by atoms with van der Waals surface area (Å²) >= 11 is 0. The van der Waals surface area contributed by atoms with E-state index in [-0.39, 0.29) is 16.9 Å². The molecule has 0 aliphatic heterocycles. The molecule has 0 radical (unpaired) electrons. The summed E-state index contributed by atoms with van der Waals surface area (Å²) in [6.07, 6.45) is 4.62. The van der Waals surface area contributed by atoms with E-state index in [1.165, 1.54) is 19.4 Å². The molecule has 8 nitrogen and oxygen atoms in total. The lowest BCUT2D eigenvalue weighted by atomic mass is 10.0. The maximum atomic E-state index is 12.3. The van der Waals surface area contributed by atoms with Crippen molar-refractivity contribution in [1.82, 2.24) is 20.4 Å². The van der Waals surface area contributed by atoms with Crippen molar-refractivity contribution < 1.29 is 14.7 Å². The zero-order valence-corrected chi connectivity index (χ0v) is 16.3. The first-order valence-electron chi connectivity index (χ1n) is 9.18. The summed E-state index contributed by atoms with van der Waals surface area (Å²) in [6.45, 7) is 0. The summed E-state index contributed by atoms with van der Waals surface area (Å²) in [5, 5.41) is 9.66. The Kier molecular flexibility index (Phi) is 5.43. The van der Waals surface area contributed by atoms with Crippen LogP contribution in [-0.2, 0) is 0 Å². The summed E-state index contributed by atoms with van der Waals surface area (Å²) in [5.41, 5.74) is 4.74. The van der Waals surface area contributed by atoms with Crippen LogP contribution in [0, 0.1) is 11.8 Å². The number of carbonyl (C=O) groups excluding carboxylic acids is 1. The molecular formula is C23H16N4O4. The van der Waals surface area contributed by atoms with Crippen molar-refractivity contribution in [2.24, 2.45) is 0 Å². The van der Waals surface area contributed by atoms with Gasteiger partial charge in [-0.05, 0) is 24.3 Å². The smallest absolute Gasteiger partial charge is 0.279 e. The Bertz CT molecular complexity index is 1380. The van der Waals surface area contributed by atoms with E-state index in [1.54, 1.807) is 30.0 Å². The number of H-pyrrole nitrogens is 1. The molecule has 0 saturated heterocycles. The number of carbonyl (C=O) groups is 1. The SMILES string of the molecule is COc1c(-c2ccc(C#Cc3ccc(=O)[nH]c3)cc2)nc2ccncc2c1C(=O)NO. The molecule has 0 bridgehead atoms. The average Bonchev–Trinajstić information content (AvgIpc) is 2.82. The summed E-state index contributed by atoms with van der Waals surface area (Å²) < 4.78 is 5.49. The van der Waals surface area contributed by atoms with Crippen LogP contribution >= 0.6 is 0 Å². The van der Waals surface area contributed by atoms with Gasteiger partial charge in [0.15, 0.2) is 5.75 Å². The van der Waals surface area contributed by atoms with Crippen LogP contribution in [0.15, 0.2) is 65.8 Å². The molecule has 152 valence electrons. The number of nitrogens with zero attached hydrogens (tertiary/aromatic N) is 2. The lowest BCUT2D eigenvalue weighted by Gasteiger charge is -2.14. The molecule has 0 unspecified atom stereocenters. The average molecular weight is 412 g/mol. The maximum Gasteiger partial charge on any atom is 0.279 e. The van der Waals surface area contributed by atoms with Gasteiger partial charge in [-0.3, -0.25) is 19.8 Å². The standard InChI is InChI=1S/C23H16N4O4/c1-31-22-20(23(29)27-30)17-13-24-11-10-18(17)26-21(22)16-7-4-14(5-8-16)2-3-15-6-9-19(28)25-12-15/h4-13,30H,1H3,(H,25,28)(H,27,29). The Morgan fingerprint density at radius 3 is 2.52 bits per heavy atom. The molecule has 3 N–H and O–H groups in total. The second-order valence-electron chi connectivity index (χ2n) is 6.47. The number of amides is 1. The molecule has 4 aromatic rings. The van der Waals surface area contributed by atoms with Crippen molar-refractivity contribution >= 4 is 16.8 Å². The van der Waals surface area contributed by atoms with Crippen LogP contribution in [0.2, 0.25) is 0 Å². The Balaban J connectivity index is 1.78. The molecule has 0 saturated carbocycles. The maximum absolute atomic E-state index is 12.3. The minimum atomic E-state index is -0.720. The van der Waals surface area contributed by atoms with Crippen molar-refractivity contribution in [3.8, 4) is 28.8 Å². The van der Waals surface area contributed by atoms with Gasteiger partial charge in [0.25, 0.3) is 5.91 Å². The Morgan fingerprint density at radius 1 is 1.10 bits per heavy atom. The number of ether oxygens (including phenoxy) is 1. The fourth-order valence-electron chi connectivity index (χ4n) is 3.11. The highest BCUT2D eigenvalue weighted by molar-refractivity contribution is 6.09. The third-order valence-electron chi connectivity index (χ3n) is 4.57. The molecule has 1 amide bonds. The third-order valence-corrected chi connectivity index (χ3v) is 4.57. The number of benzene rings is 1. The van der Waals surface area contributed by atoms with Gasteiger partial charge in [0.1, 0.15) is 5.69 Å². The third kappa shape index (κ3) is 3.99. The number of aromatic amines is 1. The lowest BCUT2D eigenvalue weighted by Crippen LogP contribution is -2.20. The van der Waals surface area contributed by atoms with E-state index in [9.17, 15) is 14.8 Å². The van der Waals surface area contributed by atoms with E-state index >= 15 is 0 Å². The summed E-state index contributed by atoms with van der Waals surface area (Å²) in [6, 6.07) is 12.0. The minimum Gasteiger partial charge on any atom is -0.494 e. The van der Waals surface area contributed by atoms with Gasteiger partial charge in [-0.25, -0.2) is 10.5 Å². The normalized spacial score (nSPS) is 10.3. The molecule has 0 spiro atoms. The predicted octanol–water partition coefficient (Wildman–Crippen LogP) is 2.51. The zero-order valence-electron chi connectivity index (χ0n) is 16.3. The van der Waals surface area contributed by atoms with Gasteiger partial charge in [0.05, 0.1) is 18.2 Å². The molecule has 0 aliphatic carbocycles. The number of aromatic nitrogens is 3. The fraction of sp³-hybridized carbons (Fsp3) is 0.0435. The number of fused-ring (bicyclic) bond motifs is 1. The second-order valence-corrected chi connectivity index (χ2v) is 6.47. The van der Waals surface area contributed by atoms with Crippen LogP contribution in [0.5, 0.6) is 5.75 Å². The Labute approximate surface area is 176 Å². The largest absolute Gasteiger partial charge is 0.494 e. The van der Waals surface area contributed by atoms with Gasteiger partial charge in [0, 0.05) is 46.7 Å². The summed E-state index contributed by atoms with van der Waals surface area (Å²) in [4.78, 5) is 34.7. The van der Waals surface area contributed by atoms with Gasteiger partial charge in [-0.1, -0.05) is 24.0 Å². The fourth-order valence-corrected chi connectivity index (χ4v) is 3.11. The van der Waals surface area contributed by atoms with Gasteiger partial charge in [-0.15, -0.1) is 0 Å². The number of nitrogens with one attached hydrogen (secondary N) is 2. The van der Waals surface area contributed by atoms with E-state index in [4.69, 9.17) is 4.74 Å². The number of pyridine rings is 3. The van der Waals surface area contributed by atoms with E-state index in [2.05, 4.69) is 26.8 Å². The predicted molar refractivity (Wildman–Crippen MR) is 114 cm³/mol. The molecule has 4 rings (SSSR count). The first-order valence-corrected chi connectivity index (χ1v) is 9.18. The zero-order chi connectivity index (χ0) is 21.8. The Hall–Kier alpha value is -4.48. The number of hydrogen-bond acceptors (Lipinski definition) is 6. The first-order chi connectivity index (χ1) is 15.1. The van der Waals surface area contributed by atoms with Gasteiger partial charge in [0.2, 0.25) is 5.56 Å². The van der Waals surface area contributed by atoms with Crippen molar-refractivity contribution in [2.45, 2.75) is 0 Å². The monoisotopic (exact) mass is 412 g/mol. The number of hydrogen-bond donors (Lipinski definition) is 3. The summed E-state index contributed by atoms with van der Waals surface area (Å²) in [5.74, 6) is 5.51. The summed E-state index contributed by atoms with van der Waals surface area (Å²) in [7, 11) is 1.43. The second kappa shape index (κ2) is 8.49. The number of methoxy groups -OCH3 is 1. The first kappa shape index (κ1) is 19.8. The molecule has 3 heterocycles. The van der Waals surface area contributed by atoms with Crippen LogP contribution in [-0.4, -0.2) is 33.2 Å². The van der Waals surface area contributed by atoms with E-state index in [0.717, 1.165) is 5.56 Å². The highest BCUT2D eigenvalue weighted by atomic mass is 16.5. The van der Waals surface area contributed by atoms with Crippen molar-refractivity contribution in [2.75, 3.05) is 7.11 Å². The highest BCUT2D eigenvalue weighted by Crippen LogP contribution is 2.35. The van der Waals surface area contributed by atoms with Gasteiger partial charge < -0.3 is 9.72 Å². The van der Waals surface area contributed by atoms with Crippen LogP contribution in [0.25, 0.3) is 22.2 Å². The van der Waals surface area contributed by atoms with Crippen LogP contribution in [0.1, 0.15) is 21.5 Å².